The summed E-state index contributed by atoms with van der Waals surface area (Å²) >= 11 is 0. The van der Waals surface area contributed by atoms with Crippen LogP contribution < -0.4 is 4.74 Å². The Bertz CT molecular complexity index is 838. The van der Waals surface area contributed by atoms with Crippen LogP contribution in [0.2, 0.25) is 0 Å². The van der Waals surface area contributed by atoms with Crippen LogP contribution in [0.1, 0.15) is 30.6 Å². The highest BCUT2D eigenvalue weighted by atomic mass is 16.5. The van der Waals surface area contributed by atoms with Crippen LogP contribution in [0.5, 0.6) is 5.75 Å². The average molecular weight is 324 g/mol. The fraction of sp³-hybridized carbons (Fsp3) is 0.500. The number of H-pyrrole nitrogens is 1. The van der Waals surface area contributed by atoms with E-state index in [4.69, 9.17) is 4.74 Å². The molecule has 1 aromatic heterocycles. The van der Waals surface area contributed by atoms with E-state index in [1.807, 2.05) is 0 Å². The highest BCUT2D eigenvalue weighted by molar-refractivity contribution is 5.86. The number of aromatic nitrogens is 1. The number of aromatic amines is 1. The third kappa shape index (κ3) is 1.76. The van der Waals surface area contributed by atoms with E-state index in [1.54, 1.807) is 7.11 Å². The molecule has 0 amide bonds. The van der Waals surface area contributed by atoms with Crippen LogP contribution in [0.4, 0.5) is 0 Å². The van der Waals surface area contributed by atoms with Gasteiger partial charge in [0.15, 0.2) is 0 Å². The second-order valence-electron chi connectivity index (χ2n) is 7.44. The number of nitrogens with one attached hydrogen (secondary N) is 1. The van der Waals surface area contributed by atoms with Gasteiger partial charge in [-0.15, -0.1) is 0 Å². The lowest BCUT2D eigenvalue weighted by molar-refractivity contribution is -0.0503. The zero-order chi connectivity index (χ0) is 16.4. The molecule has 24 heavy (non-hydrogen) atoms. The molecule has 5 atom stereocenters. The van der Waals surface area contributed by atoms with Crippen molar-refractivity contribution in [1.82, 2.24) is 9.88 Å². The van der Waals surface area contributed by atoms with Gasteiger partial charge in [-0.25, -0.2) is 0 Å². The second-order valence-corrected chi connectivity index (χ2v) is 7.44. The van der Waals surface area contributed by atoms with Gasteiger partial charge >= 0.3 is 0 Å². The first kappa shape index (κ1) is 14.6. The SMILES string of the molecule is C/C=C1/CN2[C@H]3C[C@@H]1[C@H](CO)[C@@H]2Cc1c3[nH]c2cc(OC)ccc12. The number of hydrogen-bond donors (Lipinski definition) is 2. The van der Waals surface area contributed by atoms with Gasteiger partial charge in [0.25, 0.3) is 0 Å². The molecule has 0 aliphatic carbocycles. The van der Waals surface area contributed by atoms with E-state index in [0.29, 0.717) is 30.5 Å². The topological polar surface area (TPSA) is 48.5 Å². The molecule has 0 saturated carbocycles. The summed E-state index contributed by atoms with van der Waals surface area (Å²) in [4.78, 5) is 6.32. The van der Waals surface area contributed by atoms with Gasteiger partial charge in [0.1, 0.15) is 5.75 Å². The van der Waals surface area contributed by atoms with Crippen LogP contribution in [-0.4, -0.2) is 41.3 Å². The van der Waals surface area contributed by atoms with Crippen molar-refractivity contribution in [2.75, 3.05) is 20.3 Å². The molecule has 2 aromatic rings. The third-order valence-corrected chi connectivity index (χ3v) is 6.63. The minimum Gasteiger partial charge on any atom is -0.497 e. The number of fused-ring (bicyclic) bond motifs is 4. The molecule has 3 saturated heterocycles. The van der Waals surface area contributed by atoms with Crippen LogP contribution in [0.15, 0.2) is 29.8 Å². The Labute approximate surface area is 142 Å². The van der Waals surface area contributed by atoms with E-state index < -0.39 is 0 Å². The van der Waals surface area contributed by atoms with E-state index in [9.17, 15) is 5.11 Å². The summed E-state index contributed by atoms with van der Waals surface area (Å²) in [6.45, 7) is 3.49. The first-order chi connectivity index (χ1) is 11.7. The van der Waals surface area contributed by atoms with Gasteiger partial charge in [0.05, 0.1) is 13.2 Å². The summed E-state index contributed by atoms with van der Waals surface area (Å²) in [5, 5.41) is 11.4. The molecule has 0 radical (unpaired) electrons. The van der Waals surface area contributed by atoms with Crippen molar-refractivity contribution in [3.63, 3.8) is 0 Å². The predicted octanol–water partition coefficient (Wildman–Crippen LogP) is 3.03. The molecule has 3 fully saturated rings. The van der Waals surface area contributed by atoms with E-state index in [-0.39, 0.29) is 0 Å². The van der Waals surface area contributed by atoms with Gasteiger partial charge in [-0.2, -0.15) is 0 Å². The van der Waals surface area contributed by atoms with Crippen molar-refractivity contribution in [2.45, 2.75) is 31.8 Å². The monoisotopic (exact) mass is 324 g/mol. The number of methoxy groups -OCH3 is 1. The zero-order valence-corrected chi connectivity index (χ0v) is 14.2. The van der Waals surface area contributed by atoms with Crippen LogP contribution in [0.25, 0.3) is 10.9 Å². The zero-order valence-electron chi connectivity index (χ0n) is 14.2. The minimum atomic E-state index is 0.293. The molecule has 4 aliphatic rings. The Morgan fingerprint density at radius 1 is 1.42 bits per heavy atom. The molecule has 4 bridgehead atoms. The van der Waals surface area contributed by atoms with E-state index in [0.717, 1.165) is 25.1 Å². The molecule has 4 heteroatoms. The van der Waals surface area contributed by atoms with E-state index >= 15 is 0 Å². The summed E-state index contributed by atoms with van der Waals surface area (Å²) in [6, 6.07) is 7.27. The summed E-state index contributed by atoms with van der Waals surface area (Å²) in [7, 11) is 1.71. The molecule has 5 heterocycles. The number of benzene rings is 1. The number of aliphatic hydroxyl groups is 1. The predicted molar refractivity (Wildman–Crippen MR) is 94.2 cm³/mol. The van der Waals surface area contributed by atoms with Gasteiger partial charge in [-0.1, -0.05) is 11.6 Å². The number of aliphatic hydroxyl groups excluding tert-OH is 1. The number of hydrogen-bond acceptors (Lipinski definition) is 3. The fourth-order valence-electron chi connectivity index (χ4n) is 5.48. The normalized spacial score (nSPS) is 35.5. The first-order valence-electron chi connectivity index (χ1n) is 8.95. The van der Waals surface area contributed by atoms with Gasteiger partial charge in [0, 0.05) is 47.8 Å². The summed E-state index contributed by atoms with van der Waals surface area (Å²) in [5.41, 5.74) is 5.55. The van der Waals surface area contributed by atoms with Crippen molar-refractivity contribution in [2.24, 2.45) is 11.8 Å². The number of rotatable bonds is 2. The fourth-order valence-corrected chi connectivity index (χ4v) is 5.48. The maximum Gasteiger partial charge on any atom is 0.120 e. The van der Waals surface area contributed by atoms with E-state index in [2.05, 4.69) is 41.1 Å². The summed E-state index contributed by atoms with van der Waals surface area (Å²) < 4.78 is 5.38. The standard InChI is InChI=1S/C20H24N2O2/c1-3-11-9-22-18-8-15-13-5-4-12(24-2)6-17(13)21-20(15)19(22)7-14(11)16(18)10-23/h3-6,14,16,18-19,21,23H,7-10H2,1-2H3/b11-3-/t14-,16-,18-,19-/m0/s1. The first-order valence-corrected chi connectivity index (χ1v) is 8.95. The molecular formula is C20H24N2O2. The van der Waals surface area contributed by atoms with Gasteiger partial charge in [-0.3, -0.25) is 4.90 Å². The van der Waals surface area contributed by atoms with Gasteiger partial charge in [0.2, 0.25) is 0 Å². The second kappa shape index (κ2) is 5.11. The largest absolute Gasteiger partial charge is 0.497 e. The van der Waals surface area contributed by atoms with Crippen molar-refractivity contribution in [3.05, 3.63) is 41.1 Å². The van der Waals surface area contributed by atoms with Crippen LogP contribution in [0.3, 0.4) is 0 Å². The number of piperidine rings is 3. The van der Waals surface area contributed by atoms with Crippen molar-refractivity contribution < 1.29 is 9.84 Å². The lowest BCUT2D eigenvalue weighted by atomic mass is 9.64. The number of ether oxygens (including phenoxy) is 1. The third-order valence-electron chi connectivity index (χ3n) is 6.63. The number of nitrogens with zero attached hydrogens (tertiary/aromatic N) is 1. The molecule has 4 nitrogen and oxygen atoms in total. The lowest BCUT2D eigenvalue weighted by Crippen LogP contribution is -2.60. The van der Waals surface area contributed by atoms with Crippen LogP contribution >= 0.6 is 0 Å². The quantitative estimate of drug-likeness (QED) is 0.835. The van der Waals surface area contributed by atoms with Crippen molar-refractivity contribution in [3.8, 4) is 5.75 Å². The number of allylic oxidation sites excluding steroid dienone is 1. The molecule has 126 valence electrons. The molecule has 2 N–H and O–H groups in total. The summed E-state index contributed by atoms with van der Waals surface area (Å²) in [5.74, 6) is 1.81. The molecule has 4 aliphatic heterocycles. The molecule has 1 aromatic carbocycles. The highest BCUT2D eigenvalue weighted by Crippen LogP contribution is 2.54. The van der Waals surface area contributed by atoms with Gasteiger partial charge in [-0.05, 0) is 43.4 Å². The minimum absolute atomic E-state index is 0.293. The van der Waals surface area contributed by atoms with Crippen molar-refractivity contribution >= 4 is 10.9 Å². The smallest absolute Gasteiger partial charge is 0.120 e. The Kier molecular flexibility index (Phi) is 3.10. The molecular weight excluding hydrogens is 300 g/mol. The Morgan fingerprint density at radius 3 is 3.04 bits per heavy atom. The maximum absolute atomic E-state index is 10.0. The average Bonchev–Trinajstić information content (AvgIpc) is 2.99. The Balaban J connectivity index is 1.65. The summed E-state index contributed by atoms with van der Waals surface area (Å²) in [6.07, 6.45) is 4.43. The molecule has 1 unspecified atom stereocenters. The molecule has 6 rings (SSSR count). The lowest BCUT2D eigenvalue weighted by Gasteiger charge is -2.58. The van der Waals surface area contributed by atoms with Crippen molar-refractivity contribution in [1.29, 1.82) is 0 Å². The van der Waals surface area contributed by atoms with Crippen LogP contribution in [-0.2, 0) is 6.42 Å². The molecule has 0 spiro atoms. The van der Waals surface area contributed by atoms with Crippen LogP contribution in [0, 0.1) is 11.8 Å². The van der Waals surface area contributed by atoms with Gasteiger partial charge < -0.3 is 14.8 Å². The Morgan fingerprint density at radius 2 is 2.29 bits per heavy atom. The van der Waals surface area contributed by atoms with E-state index in [1.165, 1.54) is 27.7 Å². The maximum atomic E-state index is 10.0. The highest BCUT2D eigenvalue weighted by Gasteiger charge is 2.52. The Hall–Kier alpha value is -1.78.